The van der Waals surface area contributed by atoms with Gasteiger partial charge in [0, 0.05) is 22.6 Å². The van der Waals surface area contributed by atoms with Gasteiger partial charge in [-0.05, 0) is 17.4 Å². The van der Waals surface area contributed by atoms with Gasteiger partial charge in [0.15, 0.2) is 5.16 Å². The van der Waals surface area contributed by atoms with Crippen LogP contribution in [0.4, 0.5) is 0 Å². The summed E-state index contributed by atoms with van der Waals surface area (Å²) >= 11 is 9.35. The second-order valence-electron chi connectivity index (χ2n) is 4.06. The Morgan fingerprint density at radius 3 is 2.85 bits per heavy atom. The van der Waals surface area contributed by atoms with E-state index in [1.54, 1.807) is 17.8 Å². The Hall–Kier alpha value is -0.910. The first kappa shape index (κ1) is 15.5. The molecule has 0 radical (unpaired) electrons. The molecule has 106 valence electrons. The molecule has 2 rings (SSSR count). The summed E-state index contributed by atoms with van der Waals surface area (Å²) in [6, 6.07) is 9.25. The minimum Gasteiger partial charge on any atom is -0.301 e. The molecule has 20 heavy (non-hydrogen) atoms. The first-order chi connectivity index (χ1) is 9.69. The lowest BCUT2D eigenvalue weighted by atomic mass is 10.2. The van der Waals surface area contributed by atoms with Gasteiger partial charge in [0.05, 0.1) is 5.69 Å². The fourth-order valence-corrected chi connectivity index (χ4v) is 3.34. The molecule has 1 aromatic heterocycles. The highest BCUT2D eigenvalue weighted by Gasteiger charge is 2.05. The highest BCUT2D eigenvalue weighted by atomic mass is 35.5. The van der Waals surface area contributed by atoms with Gasteiger partial charge in [-0.2, -0.15) is 11.8 Å². The van der Waals surface area contributed by atoms with Crippen molar-refractivity contribution >= 4 is 35.1 Å². The van der Waals surface area contributed by atoms with Crippen LogP contribution in [0.1, 0.15) is 18.2 Å². The molecule has 1 aromatic carbocycles. The number of hydrogen-bond acceptors (Lipinski definition) is 4. The number of aromatic nitrogens is 2. The number of H-pyrrole nitrogens is 1. The van der Waals surface area contributed by atoms with Gasteiger partial charge in [-0.3, -0.25) is 4.79 Å². The van der Waals surface area contributed by atoms with E-state index in [1.807, 2.05) is 24.3 Å². The Morgan fingerprint density at radius 1 is 1.30 bits per heavy atom. The molecule has 0 atom stereocenters. The fraction of sp³-hybridized carbons (Fsp3) is 0.286. The maximum atomic E-state index is 11.6. The molecule has 2 aromatic rings. The van der Waals surface area contributed by atoms with Crippen molar-refractivity contribution in [3.05, 3.63) is 57.0 Å². The predicted molar refractivity (Wildman–Crippen MR) is 87.7 cm³/mol. The number of nitrogens with zero attached hydrogens (tertiary/aromatic N) is 1. The molecular formula is C14H15ClN2OS2. The lowest BCUT2D eigenvalue weighted by Crippen LogP contribution is -2.09. The van der Waals surface area contributed by atoms with Crippen LogP contribution in [0.2, 0.25) is 5.02 Å². The maximum Gasteiger partial charge on any atom is 0.251 e. The van der Waals surface area contributed by atoms with E-state index in [2.05, 4.69) is 16.9 Å². The minimum atomic E-state index is -0.103. The summed E-state index contributed by atoms with van der Waals surface area (Å²) in [5.74, 6) is 2.46. The molecule has 3 nitrogen and oxygen atoms in total. The molecule has 0 saturated carbocycles. The Kier molecular flexibility index (Phi) is 6.01. The van der Waals surface area contributed by atoms with E-state index >= 15 is 0 Å². The largest absolute Gasteiger partial charge is 0.301 e. The average Bonchev–Trinajstić information content (AvgIpc) is 2.44. The molecule has 0 bridgehead atoms. The third-order valence-corrected chi connectivity index (χ3v) is 4.75. The first-order valence-corrected chi connectivity index (χ1v) is 8.75. The summed E-state index contributed by atoms with van der Waals surface area (Å²) in [7, 11) is 0. The number of benzene rings is 1. The van der Waals surface area contributed by atoms with Gasteiger partial charge in [-0.25, -0.2) is 4.98 Å². The van der Waals surface area contributed by atoms with Crippen LogP contribution in [0.15, 0.2) is 40.3 Å². The number of thioether (sulfide) groups is 2. The molecule has 0 aliphatic heterocycles. The zero-order valence-corrected chi connectivity index (χ0v) is 13.4. The van der Waals surface area contributed by atoms with Crippen molar-refractivity contribution in [2.24, 2.45) is 0 Å². The fourth-order valence-electron chi connectivity index (χ4n) is 1.59. The van der Waals surface area contributed by atoms with E-state index in [-0.39, 0.29) is 5.56 Å². The topological polar surface area (TPSA) is 45.8 Å². The normalized spacial score (nSPS) is 10.7. The zero-order valence-electron chi connectivity index (χ0n) is 11.1. The van der Waals surface area contributed by atoms with Crippen LogP contribution in [0.5, 0.6) is 0 Å². The number of rotatable bonds is 6. The summed E-state index contributed by atoms with van der Waals surface area (Å²) in [6.45, 7) is 2.09. The summed E-state index contributed by atoms with van der Waals surface area (Å²) < 4.78 is 0. The Balaban J connectivity index is 2.07. The number of hydrogen-bond donors (Lipinski definition) is 1. The molecule has 0 amide bonds. The first-order valence-electron chi connectivity index (χ1n) is 6.23. The van der Waals surface area contributed by atoms with Gasteiger partial charge in [0.1, 0.15) is 0 Å². The van der Waals surface area contributed by atoms with Crippen molar-refractivity contribution in [1.82, 2.24) is 9.97 Å². The van der Waals surface area contributed by atoms with E-state index in [1.165, 1.54) is 11.8 Å². The third kappa shape index (κ3) is 4.58. The van der Waals surface area contributed by atoms with Crippen LogP contribution in [0.3, 0.4) is 0 Å². The van der Waals surface area contributed by atoms with Gasteiger partial charge in [-0.1, -0.05) is 48.5 Å². The van der Waals surface area contributed by atoms with Crippen molar-refractivity contribution in [2.75, 3.05) is 5.75 Å². The molecular weight excluding hydrogens is 312 g/mol. The summed E-state index contributed by atoms with van der Waals surface area (Å²) in [4.78, 5) is 18.8. The smallest absolute Gasteiger partial charge is 0.251 e. The van der Waals surface area contributed by atoms with Gasteiger partial charge in [0.25, 0.3) is 5.56 Å². The van der Waals surface area contributed by atoms with Crippen molar-refractivity contribution < 1.29 is 0 Å². The van der Waals surface area contributed by atoms with Crippen LogP contribution in [-0.2, 0) is 11.5 Å². The summed E-state index contributed by atoms with van der Waals surface area (Å²) in [6.07, 6.45) is 0. The molecule has 0 aliphatic rings. The molecule has 0 fully saturated rings. The standard InChI is InChI=1S/C14H15ClN2OS2/c1-2-19-9-11-7-13(18)17-14(16-11)20-8-10-5-3-4-6-12(10)15/h3-7H,2,8-9H2,1H3,(H,16,17,18). The van der Waals surface area contributed by atoms with Crippen LogP contribution in [0.25, 0.3) is 0 Å². The number of nitrogens with one attached hydrogen (secondary N) is 1. The van der Waals surface area contributed by atoms with E-state index < -0.39 is 0 Å². The quantitative estimate of drug-likeness (QED) is 0.644. The van der Waals surface area contributed by atoms with E-state index in [0.717, 1.165) is 27.8 Å². The molecule has 1 N–H and O–H groups in total. The van der Waals surface area contributed by atoms with Crippen LogP contribution < -0.4 is 5.56 Å². The van der Waals surface area contributed by atoms with Gasteiger partial charge >= 0.3 is 0 Å². The van der Waals surface area contributed by atoms with Gasteiger partial charge in [0.2, 0.25) is 0 Å². The SMILES string of the molecule is CCSCc1cc(=O)[nH]c(SCc2ccccc2Cl)n1. The van der Waals surface area contributed by atoms with Crippen molar-refractivity contribution in [1.29, 1.82) is 0 Å². The van der Waals surface area contributed by atoms with E-state index in [4.69, 9.17) is 11.6 Å². The minimum absolute atomic E-state index is 0.103. The molecule has 0 aliphatic carbocycles. The van der Waals surface area contributed by atoms with Crippen LogP contribution in [-0.4, -0.2) is 15.7 Å². The second kappa shape index (κ2) is 7.76. The number of halogens is 1. The monoisotopic (exact) mass is 326 g/mol. The molecule has 0 saturated heterocycles. The van der Waals surface area contributed by atoms with Crippen molar-refractivity contribution in [3.8, 4) is 0 Å². The lowest BCUT2D eigenvalue weighted by Gasteiger charge is -2.05. The van der Waals surface area contributed by atoms with E-state index in [0.29, 0.717) is 10.9 Å². The van der Waals surface area contributed by atoms with Gasteiger partial charge < -0.3 is 4.98 Å². The average molecular weight is 327 g/mol. The highest BCUT2D eigenvalue weighted by molar-refractivity contribution is 7.98. The Labute approximate surface area is 131 Å². The van der Waals surface area contributed by atoms with Crippen molar-refractivity contribution in [3.63, 3.8) is 0 Å². The van der Waals surface area contributed by atoms with Crippen molar-refractivity contribution in [2.45, 2.75) is 23.6 Å². The van der Waals surface area contributed by atoms with Crippen LogP contribution >= 0.6 is 35.1 Å². The van der Waals surface area contributed by atoms with Crippen LogP contribution in [0, 0.1) is 0 Å². The molecule has 1 heterocycles. The summed E-state index contributed by atoms with van der Waals surface area (Å²) in [5, 5.41) is 1.38. The van der Waals surface area contributed by atoms with Gasteiger partial charge in [-0.15, -0.1) is 0 Å². The lowest BCUT2D eigenvalue weighted by molar-refractivity contribution is 0.899. The molecule has 0 unspecified atom stereocenters. The van der Waals surface area contributed by atoms with E-state index in [9.17, 15) is 4.79 Å². The second-order valence-corrected chi connectivity index (χ2v) is 6.70. The molecule has 0 spiro atoms. The summed E-state index contributed by atoms with van der Waals surface area (Å²) in [5.41, 5.74) is 1.76. The maximum absolute atomic E-state index is 11.6. The highest BCUT2D eigenvalue weighted by Crippen LogP contribution is 2.24. The Morgan fingerprint density at radius 2 is 2.10 bits per heavy atom. The predicted octanol–water partition coefficient (Wildman–Crippen LogP) is 3.97. The zero-order chi connectivity index (χ0) is 14.4. The number of aromatic amines is 1. The Bertz CT molecular complexity index is 631. The molecule has 6 heteroatoms. The third-order valence-electron chi connectivity index (χ3n) is 2.55.